The van der Waals surface area contributed by atoms with Gasteiger partial charge < -0.3 is 20.4 Å². The van der Waals surface area contributed by atoms with Crippen molar-refractivity contribution < 1.29 is 14.7 Å². The summed E-state index contributed by atoms with van der Waals surface area (Å²) in [5, 5.41) is 11.7. The molecule has 0 radical (unpaired) electrons. The van der Waals surface area contributed by atoms with Crippen molar-refractivity contribution in [2.24, 2.45) is 16.8 Å². The molecule has 0 bridgehead atoms. The molecule has 0 amide bonds. The number of nitrogens with zero attached hydrogens (tertiary/aromatic N) is 1. The molecule has 1 aliphatic rings. The van der Waals surface area contributed by atoms with Gasteiger partial charge >= 0.3 is 0 Å². The molecule has 1 aliphatic carbocycles. The Morgan fingerprint density at radius 3 is 2.70 bits per heavy atom. The van der Waals surface area contributed by atoms with Crippen LogP contribution in [0.1, 0.15) is 38.2 Å². The van der Waals surface area contributed by atoms with E-state index in [0.29, 0.717) is 29.6 Å². The summed E-state index contributed by atoms with van der Waals surface area (Å²) in [5.74, 6) is 2.06. The van der Waals surface area contributed by atoms with Gasteiger partial charge in [-0.25, -0.2) is 0 Å². The molecule has 0 heterocycles. The van der Waals surface area contributed by atoms with Crippen molar-refractivity contribution in [1.82, 2.24) is 0 Å². The van der Waals surface area contributed by atoms with Gasteiger partial charge in [-0.2, -0.15) is 0 Å². The van der Waals surface area contributed by atoms with Crippen LogP contribution in [0, 0.1) is 5.92 Å². The highest BCUT2D eigenvalue weighted by Gasteiger charge is 2.17. The Bertz CT molecular complexity index is 468. The van der Waals surface area contributed by atoms with Gasteiger partial charge in [0.05, 0.1) is 13.2 Å². The fraction of sp³-hybridized carbons (Fsp3) is 0.533. The maximum Gasteiger partial charge on any atom is 0.170 e. The van der Waals surface area contributed by atoms with Gasteiger partial charge in [0.2, 0.25) is 0 Å². The highest BCUT2D eigenvalue weighted by molar-refractivity contribution is 5.97. The summed E-state index contributed by atoms with van der Waals surface area (Å²) in [6.07, 6.45) is 5.09. The Kier molecular flexibility index (Phi) is 5.09. The average molecular weight is 278 g/mol. The van der Waals surface area contributed by atoms with Gasteiger partial charge in [-0.1, -0.05) is 18.0 Å². The van der Waals surface area contributed by atoms with Crippen LogP contribution in [0.25, 0.3) is 0 Å². The van der Waals surface area contributed by atoms with Crippen LogP contribution in [0.15, 0.2) is 23.4 Å². The first-order chi connectivity index (χ1) is 9.74. The number of nitrogens with two attached hydrogens (primary N) is 1. The zero-order valence-corrected chi connectivity index (χ0v) is 11.8. The summed E-state index contributed by atoms with van der Waals surface area (Å²) in [6, 6.07) is 5.32. The van der Waals surface area contributed by atoms with E-state index in [-0.39, 0.29) is 5.84 Å². The SMILES string of the molecule is CCOc1cc(C(N)=NO)ccc1OCC1CCCC1. The molecule has 0 aliphatic heterocycles. The fourth-order valence-electron chi connectivity index (χ4n) is 2.50. The molecule has 0 atom stereocenters. The second-order valence-corrected chi connectivity index (χ2v) is 5.04. The molecule has 0 unspecified atom stereocenters. The highest BCUT2D eigenvalue weighted by Crippen LogP contribution is 2.31. The van der Waals surface area contributed by atoms with E-state index in [1.54, 1.807) is 12.1 Å². The molecule has 3 N–H and O–H groups in total. The molecule has 1 saturated carbocycles. The quantitative estimate of drug-likeness (QED) is 0.363. The third-order valence-corrected chi connectivity index (χ3v) is 3.60. The van der Waals surface area contributed by atoms with E-state index >= 15 is 0 Å². The number of amidine groups is 1. The topological polar surface area (TPSA) is 77.1 Å². The molecule has 1 aromatic carbocycles. The van der Waals surface area contributed by atoms with E-state index in [4.69, 9.17) is 20.4 Å². The predicted octanol–water partition coefficient (Wildman–Crippen LogP) is 2.75. The van der Waals surface area contributed by atoms with Crippen molar-refractivity contribution in [3.63, 3.8) is 0 Å². The first kappa shape index (κ1) is 14.5. The Morgan fingerprint density at radius 1 is 1.30 bits per heavy atom. The van der Waals surface area contributed by atoms with Crippen LogP contribution in [0.2, 0.25) is 0 Å². The zero-order chi connectivity index (χ0) is 14.4. The van der Waals surface area contributed by atoms with Gasteiger partial charge in [0, 0.05) is 5.56 Å². The Hall–Kier alpha value is -1.91. The summed E-state index contributed by atoms with van der Waals surface area (Å²) >= 11 is 0. The molecule has 5 heteroatoms. The van der Waals surface area contributed by atoms with Crippen LogP contribution in [0.3, 0.4) is 0 Å². The van der Waals surface area contributed by atoms with E-state index in [1.807, 2.05) is 13.0 Å². The van der Waals surface area contributed by atoms with Crippen molar-refractivity contribution >= 4 is 5.84 Å². The van der Waals surface area contributed by atoms with Crippen molar-refractivity contribution in [2.45, 2.75) is 32.6 Å². The van der Waals surface area contributed by atoms with E-state index in [1.165, 1.54) is 25.7 Å². The number of hydrogen-bond acceptors (Lipinski definition) is 4. The number of benzene rings is 1. The third-order valence-electron chi connectivity index (χ3n) is 3.60. The van der Waals surface area contributed by atoms with Gasteiger partial charge in [-0.05, 0) is 43.9 Å². The summed E-state index contributed by atoms with van der Waals surface area (Å²) in [4.78, 5) is 0. The average Bonchev–Trinajstić information content (AvgIpc) is 2.98. The molecule has 0 saturated heterocycles. The lowest BCUT2D eigenvalue weighted by Crippen LogP contribution is -2.14. The molecule has 0 aromatic heterocycles. The smallest absolute Gasteiger partial charge is 0.170 e. The van der Waals surface area contributed by atoms with Crippen LogP contribution in [-0.2, 0) is 0 Å². The molecule has 5 nitrogen and oxygen atoms in total. The van der Waals surface area contributed by atoms with Crippen molar-refractivity contribution in [3.8, 4) is 11.5 Å². The number of hydrogen-bond donors (Lipinski definition) is 2. The minimum atomic E-state index is 0.0632. The molecule has 20 heavy (non-hydrogen) atoms. The van der Waals surface area contributed by atoms with Crippen molar-refractivity contribution in [1.29, 1.82) is 0 Å². The standard InChI is InChI=1S/C15H22N2O3/c1-2-19-14-9-12(15(16)17-18)7-8-13(14)20-10-11-5-3-4-6-11/h7-9,11,18H,2-6,10H2,1H3,(H2,16,17). The molecular weight excluding hydrogens is 256 g/mol. The van der Waals surface area contributed by atoms with Gasteiger partial charge in [0.1, 0.15) is 0 Å². The maximum absolute atomic E-state index is 8.72. The van der Waals surface area contributed by atoms with Crippen molar-refractivity contribution in [3.05, 3.63) is 23.8 Å². The highest BCUT2D eigenvalue weighted by atomic mass is 16.5. The maximum atomic E-state index is 8.72. The first-order valence-corrected chi connectivity index (χ1v) is 7.12. The van der Waals surface area contributed by atoms with Crippen LogP contribution in [0.4, 0.5) is 0 Å². The van der Waals surface area contributed by atoms with Gasteiger partial charge in [0.15, 0.2) is 17.3 Å². The minimum absolute atomic E-state index is 0.0632. The molecule has 110 valence electrons. The summed E-state index contributed by atoms with van der Waals surface area (Å²) in [5.41, 5.74) is 6.20. The second-order valence-electron chi connectivity index (χ2n) is 5.04. The zero-order valence-electron chi connectivity index (χ0n) is 11.8. The molecule has 1 aromatic rings. The summed E-state index contributed by atoms with van der Waals surface area (Å²) < 4.78 is 11.4. The lowest BCUT2D eigenvalue weighted by atomic mass is 10.1. The third kappa shape index (κ3) is 3.56. The summed E-state index contributed by atoms with van der Waals surface area (Å²) in [6.45, 7) is 3.18. The van der Waals surface area contributed by atoms with Gasteiger partial charge in [0.25, 0.3) is 0 Å². The minimum Gasteiger partial charge on any atom is -0.490 e. The normalized spacial score (nSPS) is 16.4. The largest absolute Gasteiger partial charge is 0.490 e. The number of oxime groups is 1. The fourth-order valence-corrected chi connectivity index (χ4v) is 2.50. The molecule has 1 fully saturated rings. The van der Waals surface area contributed by atoms with E-state index in [2.05, 4.69) is 5.16 Å². The molecule has 2 rings (SSSR count). The predicted molar refractivity (Wildman–Crippen MR) is 77.6 cm³/mol. The lowest BCUT2D eigenvalue weighted by molar-refractivity contribution is 0.234. The van der Waals surface area contributed by atoms with Crippen molar-refractivity contribution in [2.75, 3.05) is 13.2 Å². The van der Waals surface area contributed by atoms with Crippen LogP contribution in [0.5, 0.6) is 11.5 Å². The van der Waals surface area contributed by atoms with Crippen LogP contribution >= 0.6 is 0 Å². The van der Waals surface area contributed by atoms with Crippen LogP contribution < -0.4 is 15.2 Å². The molecule has 0 spiro atoms. The second kappa shape index (κ2) is 7.03. The summed E-state index contributed by atoms with van der Waals surface area (Å²) in [7, 11) is 0. The molecular formula is C15H22N2O3. The van der Waals surface area contributed by atoms with E-state index in [0.717, 1.165) is 6.61 Å². The number of ether oxygens (including phenoxy) is 2. The number of rotatable bonds is 6. The van der Waals surface area contributed by atoms with Gasteiger partial charge in [-0.15, -0.1) is 0 Å². The first-order valence-electron chi connectivity index (χ1n) is 7.12. The monoisotopic (exact) mass is 278 g/mol. The van der Waals surface area contributed by atoms with Gasteiger partial charge in [-0.3, -0.25) is 0 Å². The van der Waals surface area contributed by atoms with Crippen LogP contribution in [-0.4, -0.2) is 24.3 Å². The van der Waals surface area contributed by atoms with E-state index < -0.39 is 0 Å². The Balaban J connectivity index is 2.09. The lowest BCUT2D eigenvalue weighted by Gasteiger charge is -2.15. The van der Waals surface area contributed by atoms with E-state index in [9.17, 15) is 0 Å². The Labute approximate surface area is 119 Å². The Morgan fingerprint density at radius 2 is 2.05 bits per heavy atom.